The van der Waals surface area contributed by atoms with Crippen LogP contribution in [0.25, 0.3) is 0 Å². The average Bonchev–Trinajstić information content (AvgIpc) is 2.28. The van der Waals surface area contributed by atoms with Crippen LogP contribution in [-0.4, -0.2) is 25.1 Å². The zero-order valence-electron chi connectivity index (χ0n) is 10.6. The van der Waals surface area contributed by atoms with Crippen LogP contribution in [0.15, 0.2) is 18.2 Å². The molecule has 0 heterocycles. The van der Waals surface area contributed by atoms with Gasteiger partial charge < -0.3 is 15.8 Å². The lowest BCUT2D eigenvalue weighted by atomic mass is 10.1. The minimum atomic E-state index is -0.164. The number of amides is 1. The van der Waals surface area contributed by atoms with Crippen LogP contribution < -0.4 is 15.8 Å². The summed E-state index contributed by atoms with van der Waals surface area (Å²) in [7, 11) is 0. The monoisotopic (exact) mass is 236 g/mol. The van der Waals surface area contributed by atoms with Gasteiger partial charge in [-0.1, -0.05) is 18.2 Å². The van der Waals surface area contributed by atoms with Crippen LogP contribution in [0.2, 0.25) is 0 Å². The minimum Gasteiger partial charge on any atom is -0.491 e. The van der Waals surface area contributed by atoms with Crippen LogP contribution in [0, 0.1) is 13.8 Å². The standard InChI is InChI=1S/C13H20N2O2/c1-9-5-4-6-10(2)13(9)17-8-11(3)15-12(16)7-14/h4-6,11H,7-8,14H2,1-3H3,(H,15,16). The first-order chi connectivity index (χ1) is 8.04. The highest BCUT2D eigenvalue weighted by Crippen LogP contribution is 2.22. The fourth-order valence-corrected chi connectivity index (χ4v) is 1.61. The quantitative estimate of drug-likeness (QED) is 0.806. The van der Waals surface area contributed by atoms with Crippen molar-refractivity contribution >= 4 is 5.91 Å². The highest BCUT2D eigenvalue weighted by atomic mass is 16.5. The molecule has 17 heavy (non-hydrogen) atoms. The van der Waals surface area contributed by atoms with Gasteiger partial charge in [-0.05, 0) is 31.9 Å². The second-order valence-electron chi connectivity index (χ2n) is 4.20. The molecule has 0 aromatic heterocycles. The van der Waals surface area contributed by atoms with E-state index in [9.17, 15) is 4.79 Å². The van der Waals surface area contributed by atoms with Gasteiger partial charge in [-0.15, -0.1) is 0 Å². The van der Waals surface area contributed by atoms with Crippen LogP contribution in [-0.2, 0) is 4.79 Å². The molecule has 4 heteroatoms. The molecule has 0 bridgehead atoms. The van der Waals surface area contributed by atoms with E-state index in [1.165, 1.54) is 0 Å². The number of nitrogens with one attached hydrogen (secondary N) is 1. The van der Waals surface area contributed by atoms with Crippen LogP contribution in [0.4, 0.5) is 0 Å². The van der Waals surface area contributed by atoms with Gasteiger partial charge in [0.05, 0.1) is 12.6 Å². The highest BCUT2D eigenvalue weighted by Gasteiger charge is 2.08. The SMILES string of the molecule is Cc1cccc(C)c1OCC(C)NC(=O)CN. The molecule has 1 rings (SSSR count). The number of rotatable bonds is 5. The smallest absolute Gasteiger partial charge is 0.234 e. The molecule has 0 aliphatic rings. The molecule has 0 aliphatic carbocycles. The molecule has 0 fully saturated rings. The van der Waals surface area contributed by atoms with E-state index in [2.05, 4.69) is 5.32 Å². The topological polar surface area (TPSA) is 64.3 Å². The van der Waals surface area contributed by atoms with Gasteiger partial charge in [0.1, 0.15) is 12.4 Å². The Hall–Kier alpha value is -1.55. The van der Waals surface area contributed by atoms with Gasteiger partial charge in [0.25, 0.3) is 0 Å². The Balaban J connectivity index is 2.53. The summed E-state index contributed by atoms with van der Waals surface area (Å²) in [6.07, 6.45) is 0. The zero-order valence-corrected chi connectivity index (χ0v) is 10.6. The molecule has 94 valence electrons. The second-order valence-corrected chi connectivity index (χ2v) is 4.20. The molecule has 1 amide bonds. The summed E-state index contributed by atoms with van der Waals surface area (Å²) in [6, 6.07) is 5.96. The van der Waals surface area contributed by atoms with Crippen LogP contribution >= 0.6 is 0 Å². The first-order valence-electron chi connectivity index (χ1n) is 5.73. The molecule has 0 spiro atoms. The van der Waals surface area contributed by atoms with Crippen molar-refractivity contribution in [3.8, 4) is 5.75 Å². The van der Waals surface area contributed by atoms with Crippen molar-refractivity contribution in [1.29, 1.82) is 0 Å². The summed E-state index contributed by atoms with van der Waals surface area (Å²) in [6.45, 7) is 6.35. The number of hydrogen-bond donors (Lipinski definition) is 2. The predicted octanol–water partition coefficient (Wildman–Crippen LogP) is 1.15. The fraction of sp³-hybridized carbons (Fsp3) is 0.462. The normalized spacial score (nSPS) is 12.0. The molecule has 0 radical (unpaired) electrons. The largest absolute Gasteiger partial charge is 0.491 e. The van der Waals surface area contributed by atoms with Crippen LogP contribution in [0.1, 0.15) is 18.1 Å². The van der Waals surface area contributed by atoms with Crippen molar-refractivity contribution in [2.45, 2.75) is 26.8 Å². The van der Waals surface area contributed by atoms with Crippen molar-refractivity contribution in [3.05, 3.63) is 29.3 Å². The zero-order chi connectivity index (χ0) is 12.8. The number of para-hydroxylation sites is 1. The summed E-state index contributed by atoms with van der Waals surface area (Å²) in [5.41, 5.74) is 7.42. The van der Waals surface area contributed by atoms with Gasteiger partial charge in [-0.25, -0.2) is 0 Å². The maximum atomic E-state index is 11.1. The summed E-state index contributed by atoms with van der Waals surface area (Å²) in [4.78, 5) is 11.1. The van der Waals surface area contributed by atoms with Gasteiger partial charge in [-0.3, -0.25) is 4.79 Å². The van der Waals surface area contributed by atoms with Crippen molar-refractivity contribution in [3.63, 3.8) is 0 Å². The van der Waals surface area contributed by atoms with Crippen LogP contribution in [0.5, 0.6) is 5.75 Å². The molecular formula is C13H20N2O2. The first kappa shape index (κ1) is 13.5. The Morgan fingerprint density at radius 3 is 2.53 bits per heavy atom. The molecule has 1 atom stereocenters. The number of benzene rings is 1. The summed E-state index contributed by atoms with van der Waals surface area (Å²) >= 11 is 0. The third-order valence-corrected chi connectivity index (χ3v) is 2.48. The van der Waals surface area contributed by atoms with Gasteiger partial charge >= 0.3 is 0 Å². The van der Waals surface area contributed by atoms with Gasteiger partial charge in [-0.2, -0.15) is 0 Å². The van der Waals surface area contributed by atoms with Gasteiger partial charge in [0.2, 0.25) is 5.91 Å². The van der Waals surface area contributed by atoms with Crippen molar-refractivity contribution in [1.82, 2.24) is 5.32 Å². The van der Waals surface area contributed by atoms with Crippen molar-refractivity contribution in [2.75, 3.05) is 13.2 Å². The van der Waals surface area contributed by atoms with Gasteiger partial charge in [0.15, 0.2) is 0 Å². The van der Waals surface area contributed by atoms with E-state index in [-0.39, 0.29) is 18.5 Å². The molecule has 1 unspecified atom stereocenters. The molecule has 1 aromatic carbocycles. The highest BCUT2D eigenvalue weighted by molar-refractivity contribution is 5.78. The van der Waals surface area contributed by atoms with Gasteiger partial charge in [0, 0.05) is 0 Å². The summed E-state index contributed by atoms with van der Waals surface area (Å²) in [5.74, 6) is 0.726. The Morgan fingerprint density at radius 1 is 1.41 bits per heavy atom. The Kier molecular flexibility index (Phi) is 4.97. The lowest BCUT2D eigenvalue weighted by molar-refractivity contribution is -0.120. The van der Waals surface area contributed by atoms with Crippen molar-refractivity contribution < 1.29 is 9.53 Å². The van der Waals surface area contributed by atoms with E-state index in [0.717, 1.165) is 16.9 Å². The summed E-state index contributed by atoms with van der Waals surface area (Å²) in [5, 5.41) is 2.75. The molecule has 3 N–H and O–H groups in total. The fourth-order valence-electron chi connectivity index (χ4n) is 1.61. The third-order valence-electron chi connectivity index (χ3n) is 2.48. The average molecular weight is 236 g/mol. The Bertz CT molecular complexity index is 371. The number of aryl methyl sites for hydroxylation is 2. The molecule has 0 saturated carbocycles. The number of carbonyl (C=O) groups excluding carboxylic acids is 1. The van der Waals surface area contributed by atoms with E-state index >= 15 is 0 Å². The number of hydrogen-bond acceptors (Lipinski definition) is 3. The van der Waals surface area contributed by atoms with Crippen molar-refractivity contribution in [2.24, 2.45) is 5.73 Å². The molecule has 0 aliphatic heterocycles. The van der Waals surface area contributed by atoms with E-state index in [4.69, 9.17) is 10.5 Å². The maximum Gasteiger partial charge on any atom is 0.234 e. The van der Waals surface area contributed by atoms with E-state index in [1.807, 2.05) is 39.0 Å². The van der Waals surface area contributed by atoms with Crippen LogP contribution in [0.3, 0.4) is 0 Å². The number of ether oxygens (including phenoxy) is 1. The number of nitrogens with two attached hydrogens (primary N) is 1. The predicted molar refractivity (Wildman–Crippen MR) is 68.1 cm³/mol. The second kappa shape index (κ2) is 6.25. The third kappa shape index (κ3) is 4.07. The first-order valence-corrected chi connectivity index (χ1v) is 5.73. The lowest BCUT2D eigenvalue weighted by Crippen LogP contribution is -2.40. The summed E-state index contributed by atoms with van der Waals surface area (Å²) < 4.78 is 5.72. The Morgan fingerprint density at radius 2 is 2.00 bits per heavy atom. The molecule has 4 nitrogen and oxygen atoms in total. The molecular weight excluding hydrogens is 216 g/mol. The Labute approximate surface area is 102 Å². The molecule has 0 saturated heterocycles. The minimum absolute atomic E-state index is 0.00767. The molecule has 1 aromatic rings. The van der Waals surface area contributed by atoms with E-state index in [0.29, 0.717) is 6.61 Å². The lowest BCUT2D eigenvalue weighted by Gasteiger charge is -2.17. The van der Waals surface area contributed by atoms with E-state index in [1.54, 1.807) is 0 Å². The maximum absolute atomic E-state index is 11.1. The number of carbonyl (C=O) groups is 1. The van der Waals surface area contributed by atoms with E-state index < -0.39 is 0 Å².